The van der Waals surface area contributed by atoms with Crippen molar-refractivity contribution in [2.45, 2.75) is 38.1 Å². The van der Waals surface area contributed by atoms with Crippen molar-refractivity contribution in [3.63, 3.8) is 0 Å². The van der Waals surface area contributed by atoms with Crippen LogP contribution in [0.4, 0.5) is 17.3 Å². The first kappa shape index (κ1) is 15.9. The Bertz CT molecular complexity index is 736. The first-order chi connectivity index (χ1) is 12.3. The van der Waals surface area contributed by atoms with Crippen LogP contribution < -0.4 is 15.5 Å². The second-order valence-corrected chi connectivity index (χ2v) is 6.73. The molecule has 0 spiro atoms. The number of hydrogen-bond acceptors (Lipinski definition) is 5. The van der Waals surface area contributed by atoms with Crippen molar-refractivity contribution in [3.05, 3.63) is 42.2 Å². The smallest absolute Gasteiger partial charge is 0.270 e. The Hall–Kier alpha value is -2.63. The van der Waals surface area contributed by atoms with Crippen LogP contribution in [0.1, 0.15) is 42.6 Å². The average molecular weight is 337 g/mol. The maximum absolute atomic E-state index is 12.1. The molecule has 0 unspecified atom stereocenters. The molecule has 2 aromatic rings. The molecule has 1 saturated heterocycles. The van der Waals surface area contributed by atoms with Crippen LogP contribution in [0, 0.1) is 0 Å². The van der Waals surface area contributed by atoms with E-state index >= 15 is 0 Å². The fourth-order valence-corrected chi connectivity index (χ4v) is 3.07. The molecule has 2 fully saturated rings. The number of nitrogens with one attached hydrogen (secondary N) is 2. The zero-order chi connectivity index (χ0) is 17.1. The van der Waals surface area contributed by atoms with Crippen LogP contribution in [-0.4, -0.2) is 35.0 Å². The minimum absolute atomic E-state index is 0.131. The van der Waals surface area contributed by atoms with Crippen LogP contribution in [0.15, 0.2) is 36.5 Å². The number of benzene rings is 1. The monoisotopic (exact) mass is 337 g/mol. The largest absolute Gasteiger partial charge is 0.372 e. The molecule has 1 aromatic carbocycles. The van der Waals surface area contributed by atoms with E-state index in [0.717, 1.165) is 31.6 Å². The number of hydrogen-bond donors (Lipinski definition) is 2. The van der Waals surface area contributed by atoms with Gasteiger partial charge in [-0.15, -0.1) is 0 Å². The van der Waals surface area contributed by atoms with Gasteiger partial charge in [0.25, 0.3) is 5.91 Å². The van der Waals surface area contributed by atoms with Crippen LogP contribution in [0.2, 0.25) is 0 Å². The van der Waals surface area contributed by atoms with Gasteiger partial charge in [-0.05, 0) is 62.4 Å². The van der Waals surface area contributed by atoms with Crippen LogP contribution in [0.25, 0.3) is 0 Å². The van der Waals surface area contributed by atoms with E-state index in [-0.39, 0.29) is 5.91 Å². The van der Waals surface area contributed by atoms with Crippen LogP contribution in [-0.2, 0) is 0 Å². The van der Waals surface area contributed by atoms with E-state index < -0.39 is 0 Å². The highest BCUT2D eigenvalue weighted by Crippen LogP contribution is 2.23. The van der Waals surface area contributed by atoms with Gasteiger partial charge in [0.05, 0.1) is 0 Å². The van der Waals surface area contributed by atoms with Crippen molar-refractivity contribution in [2.24, 2.45) is 0 Å². The lowest BCUT2D eigenvalue weighted by Crippen LogP contribution is -2.29. The Labute approximate surface area is 147 Å². The van der Waals surface area contributed by atoms with Crippen molar-refractivity contribution in [3.8, 4) is 0 Å². The topological polar surface area (TPSA) is 70.2 Å². The first-order valence-corrected chi connectivity index (χ1v) is 9.04. The Kier molecular flexibility index (Phi) is 4.50. The van der Waals surface area contributed by atoms with Gasteiger partial charge in [0.15, 0.2) is 0 Å². The van der Waals surface area contributed by atoms with Crippen molar-refractivity contribution in [1.82, 2.24) is 15.3 Å². The number of nitrogens with zero attached hydrogens (tertiary/aromatic N) is 3. The summed E-state index contributed by atoms with van der Waals surface area (Å²) in [6, 6.07) is 10.3. The van der Waals surface area contributed by atoms with Gasteiger partial charge in [-0.2, -0.15) is 0 Å². The maximum Gasteiger partial charge on any atom is 0.270 e. The van der Waals surface area contributed by atoms with E-state index in [2.05, 4.69) is 37.6 Å². The highest BCUT2D eigenvalue weighted by molar-refractivity contribution is 5.92. The standard InChI is InChI=1S/C19H23N5O/c25-18(21-14-4-5-14)17-10-11-20-19(23-17)22-15-6-8-16(9-7-15)24-12-2-1-3-13-24/h6-11,14H,1-5,12-13H2,(H,21,25)(H,20,22,23). The van der Waals surface area contributed by atoms with Crippen molar-refractivity contribution in [2.75, 3.05) is 23.3 Å². The molecule has 1 aliphatic carbocycles. The molecule has 1 aliphatic heterocycles. The number of anilines is 3. The number of carbonyl (C=O) groups is 1. The molecule has 0 bridgehead atoms. The summed E-state index contributed by atoms with van der Waals surface area (Å²) in [4.78, 5) is 23.0. The number of rotatable bonds is 5. The van der Waals surface area contributed by atoms with Gasteiger partial charge in [0.1, 0.15) is 5.69 Å². The highest BCUT2D eigenvalue weighted by Gasteiger charge is 2.24. The van der Waals surface area contributed by atoms with Crippen LogP contribution in [0.5, 0.6) is 0 Å². The van der Waals surface area contributed by atoms with Gasteiger partial charge in [-0.1, -0.05) is 0 Å². The van der Waals surface area contributed by atoms with E-state index in [1.165, 1.54) is 24.9 Å². The van der Waals surface area contributed by atoms with E-state index in [4.69, 9.17) is 0 Å². The number of carbonyl (C=O) groups excluding carboxylic acids is 1. The molecule has 1 aromatic heterocycles. The summed E-state index contributed by atoms with van der Waals surface area (Å²) in [6.07, 6.45) is 7.60. The predicted octanol–water partition coefficient (Wildman–Crippen LogP) is 3.10. The summed E-state index contributed by atoms with van der Waals surface area (Å²) in [5.41, 5.74) is 2.57. The predicted molar refractivity (Wildman–Crippen MR) is 98.3 cm³/mol. The third kappa shape index (κ3) is 4.07. The lowest BCUT2D eigenvalue weighted by Gasteiger charge is -2.28. The third-order valence-electron chi connectivity index (χ3n) is 4.65. The first-order valence-electron chi connectivity index (χ1n) is 9.04. The van der Waals surface area contributed by atoms with Gasteiger partial charge in [-0.25, -0.2) is 9.97 Å². The molecule has 0 radical (unpaired) electrons. The molecule has 4 rings (SSSR count). The summed E-state index contributed by atoms with van der Waals surface area (Å²) < 4.78 is 0. The van der Waals surface area contributed by atoms with Gasteiger partial charge < -0.3 is 15.5 Å². The number of aromatic nitrogens is 2. The van der Waals surface area contributed by atoms with E-state index in [9.17, 15) is 4.79 Å². The third-order valence-corrected chi connectivity index (χ3v) is 4.65. The molecule has 6 nitrogen and oxygen atoms in total. The molecule has 2 aliphatic rings. The Morgan fingerprint density at radius 3 is 2.52 bits per heavy atom. The van der Waals surface area contributed by atoms with Gasteiger partial charge in [0.2, 0.25) is 5.95 Å². The summed E-state index contributed by atoms with van der Waals surface area (Å²) >= 11 is 0. The summed E-state index contributed by atoms with van der Waals surface area (Å²) in [6.45, 7) is 2.27. The van der Waals surface area contributed by atoms with Crippen LogP contribution in [0.3, 0.4) is 0 Å². The number of amides is 1. The molecule has 1 amide bonds. The summed E-state index contributed by atoms with van der Waals surface area (Å²) in [5, 5.41) is 6.12. The molecule has 1 saturated carbocycles. The van der Waals surface area contributed by atoms with Crippen molar-refractivity contribution in [1.29, 1.82) is 0 Å². The second kappa shape index (κ2) is 7.09. The maximum atomic E-state index is 12.1. The fourth-order valence-electron chi connectivity index (χ4n) is 3.07. The molecular weight excluding hydrogens is 314 g/mol. The molecule has 130 valence electrons. The van der Waals surface area contributed by atoms with Crippen molar-refractivity contribution >= 4 is 23.2 Å². The molecular formula is C19H23N5O. The molecule has 25 heavy (non-hydrogen) atoms. The zero-order valence-corrected chi connectivity index (χ0v) is 14.2. The van der Waals surface area contributed by atoms with E-state index in [0.29, 0.717) is 17.7 Å². The van der Waals surface area contributed by atoms with Gasteiger partial charge in [-0.3, -0.25) is 4.79 Å². The fraction of sp³-hybridized carbons (Fsp3) is 0.421. The van der Waals surface area contributed by atoms with Crippen LogP contribution >= 0.6 is 0 Å². The summed E-state index contributed by atoms with van der Waals surface area (Å²) in [5.74, 6) is 0.308. The molecule has 2 heterocycles. The van der Waals surface area contributed by atoms with Gasteiger partial charge in [0, 0.05) is 36.7 Å². The minimum atomic E-state index is -0.131. The zero-order valence-electron chi connectivity index (χ0n) is 14.2. The lowest BCUT2D eigenvalue weighted by molar-refractivity contribution is 0.0946. The van der Waals surface area contributed by atoms with Crippen molar-refractivity contribution < 1.29 is 4.79 Å². The number of piperidine rings is 1. The molecule has 2 N–H and O–H groups in total. The van der Waals surface area contributed by atoms with E-state index in [1.54, 1.807) is 12.3 Å². The Morgan fingerprint density at radius 1 is 1.04 bits per heavy atom. The average Bonchev–Trinajstić information content (AvgIpc) is 3.47. The SMILES string of the molecule is O=C(NC1CC1)c1ccnc(Nc2ccc(N3CCCCC3)cc2)n1. The van der Waals surface area contributed by atoms with Gasteiger partial charge >= 0.3 is 0 Å². The Morgan fingerprint density at radius 2 is 1.80 bits per heavy atom. The molecule has 0 atom stereocenters. The second-order valence-electron chi connectivity index (χ2n) is 6.73. The minimum Gasteiger partial charge on any atom is -0.372 e. The quantitative estimate of drug-likeness (QED) is 0.877. The summed E-state index contributed by atoms with van der Waals surface area (Å²) in [7, 11) is 0. The molecule has 6 heteroatoms. The normalized spacial score (nSPS) is 17.2. The Balaban J connectivity index is 1.41. The van der Waals surface area contributed by atoms with E-state index in [1.807, 2.05) is 12.1 Å². The lowest BCUT2D eigenvalue weighted by atomic mass is 10.1. The highest BCUT2D eigenvalue weighted by atomic mass is 16.2.